The molecule has 2 radical (unpaired) electrons. The average Bonchev–Trinajstić information content (AvgIpc) is 3.44. The van der Waals surface area contributed by atoms with Crippen LogP contribution < -0.4 is 0 Å². The summed E-state index contributed by atoms with van der Waals surface area (Å²) in [6.07, 6.45) is 0. The topological polar surface area (TPSA) is 0 Å². The first-order valence-corrected chi connectivity index (χ1v) is 16.5. The second kappa shape index (κ2) is 10.1. The van der Waals surface area contributed by atoms with Crippen molar-refractivity contribution >= 4 is 42.2 Å². The third-order valence-corrected chi connectivity index (χ3v) is 12.3. The lowest BCUT2D eigenvalue weighted by Crippen LogP contribution is -2.17. The van der Waals surface area contributed by atoms with Gasteiger partial charge >= 0.3 is 0 Å². The summed E-state index contributed by atoms with van der Waals surface area (Å²) in [5.74, 6) is 0. The molecular formula is C42H34Si. The van der Waals surface area contributed by atoms with Gasteiger partial charge < -0.3 is 0 Å². The lowest BCUT2D eigenvalue weighted by Gasteiger charge is -2.22. The van der Waals surface area contributed by atoms with Gasteiger partial charge in [0, 0.05) is 0 Å². The van der Waals surface area contributed by atoms with Gasteiger partial charge in [-0.25, -0.2) is 0 Å². The Labute approximate surface area is 257 Å². The molecule has 0 aliphatic heterocycles. The second-order valence-corrected chi connectivity index (χ2v) is 13.7. The van der Waals surface area contributed by atoms with Gasteiger partial charge in [0.2, 0.25) is 0 Å². The van der Waals surface area contributed by atoms with Crippen molar-refractivity contribution in [3.05, 3.63) is 155 Å². The van der Waals surface area contributed by atoms with E-state index >= 15 is 0 Å². The third-order valence-electron chi connectivity index (χ3n) is 10.1. The fourth-order valence-corrected chi connectivity index (χ4v) is 9.82. The van der Waals surface area contributed by atoms with E-state index in [1.54, 1.807) is 0 Å². The first-order chi connectivity index (χ1) is 21.0. The highest BCUT2D eigenvalue weighted by atomic mass is 28.2. The zero-order valence-electron chi connectivity index (χ0n) is 25.2. The van der Waals surface area contributed by atoms with Gasteiger partial charge in [0.25, 0.3) is 0 Å². The number of allylic oxidation sites excluding steroid dienone is 4. The van der Waals surface area contributed by atoms with E-state index in [2.05, 4.69) is 149 Å². The van der Waals surface area contributed by atoms with Crippen LogP contribution in [0.25, 0.3) is 54.9 Å². The third kappa shape index (κ3) is 3.95. The SMILES string of the molecule is CC1=C(C)C([Si]C2C(C)=C(C)c3c(-c4cccc5ccccc45)cccc32)c2cccc(-c3cccc4ccccc34)c21. The van der Waals surface area contributed by atoms with Crippen molar-refractivity contribution in [1.29, 1.82) is 0 Å². The van der Waals surface area contributed by atoms with Crippen LogP contribution in [0.15, 0.2) is 132 Å². The second-order valence-electron chi connectivity index (χ2n) is 12.2. The van der Waals surface area contributed by atoms with Crippen LogP contribution >= 0.6 is 0 Å². The summed E-state index contributed by atoms with van der Waals surface area (Å²) < 4.78 is 0. The van der Waals surface area contributed by atoms with Gasteiger partial charge in [-0.2, -0.15) is 0 Å². The van der Waals surface area contributed by atoms with E-state index in [9.17, 15) is 0 Å². The Bertz CT molecular complexity index is 1990. The fourth-order valence-electron chi connectivity index (χ4n) is 7.72. The molecule has 6 aromatic rings. The van der Waals surface area contributed by atoms with Crippen LogP contribution in [0.2, 0.25) is 0 Å². The largest absolute Gasteiger partial charge is 0.0678 e. The van der Waals surface area contributed by atoms with Crippen molar-refractivity contribution in [2.75, 3.05) is 0 Å². The van der Waals surface area contributed by atoms with Crippen molar-refractivity contribution in [3.8, 4) is 22.3 Å². The molecule has 0 amide bonds. The van der Waals surface area contributed by atoms with Gasteiger partial charge in [-0.05, 0) is 116 Å². The van der Waals surface area contributed by atoms with Crippen molar-refractivity contribution in [2.45, 2.75) is 38.8 Å². The van der Waals surface area contributed by atoms with E-state index in [1.165, 1.54) is 88.3 Å². The van der Waals surface area contributed by atoms with Crippen molar-refractivity contribution in [1.82, 2.24) is 0 Å². The minimum Gasteiger partial charge on any atom is -0.0655 e. The predicted molar refractivity (Wildman–Crippen MR) is 187 cm³/mol. The van der Waals surface area contributed by atoms with Crippen LogP contribution in [0.4, 0.5) is 0 Å². The van der Waals surface area contributed by atoms with Crippen molar-refractivity contribution in [2.24, 2.45) is 0 Å². The molecule has 43 heavy (non-hydrogen) atoms. The predicted octanol–water partition coefficient (Wildman–Crippen LogP) is 11.4. The quantitative estimate of drug-likeness (QED) is 0.186. The van der Waals surface area contributed by atoms with Crippen LogP contribution in [0.3, 0.4) is 0 Å². The molecule has 2 atom stereocenters. The van der Waals surface area contributed by atoms with Crippen LogP contribution in [-0.2, 0) is 0 Å². The van der Waals surface area contributed by atoms with Gasteiger partial charge in [0.1, 0.15) is 0 Å². The van der Waals surface area contributed by atoms with E-state index < -0.39 is 0 Å². The van der Waals surface area contributed by atoms with Crippen LogP contribution in [0, 0.1) is 0 Å². The summed E-state index contributed by atoms with van der Waals surface area (Å²) in [5, 5.41) is 5.26. The van der Waals surface area contributed by atoms with Gasteiger partial charge in [-0.15, -0.1) is 0 Å². The minimum atomic E-state index is 0.435. The summed E-state index contributed by atoms with van der Waals surface area (Å²) in [5.41, 5.74) is 18.2. The van der Waals surface area contributed by atoms with Gasteiger partial charge in [-0.1, -0.05) is 132 Å². The molecule has 0 fully saturated rings. The maximum absolute atomic E-state index is 2.40. The number of fused-ring (bicyclic) bond motifs is 4. The van der Waals surface area contributed by atoms with E-state index in [0.29, 0.717) is 11.1 Å². The molecular weight excluding hydrogens is 533 g/mol. The highest BCUT2D eigenvalue weighted by molar-refractivity contribution is 6.44. The smallest absolute Gasteiger partial charge is 0.0655 e. The first-order valence-electron chi connectivity index (χ1n) is 15.4. The van der Waals surface area contributed by atoms with E-state index in [1.807, 2.05) is 0 Å². The minimum absolute atomic E-state index is 0.435. The Morgan fingerprint density at radius 2 is 0.767 bits per heavy atom. The summed E-state index contributed by atoms with van der Waals surface area (Å²) in [7, 11) is 0.761. The molecule has 0 N–H and O–H groups in total. The highest BCUT2D eigenvalue weighted by Gasteiger charge is 2.36. The molecule has 6 aromatic carbocycles. The molecule has 206 valence electrons. The normalized spacial score (nSPS) is 17.7. The lowest BCUT2D eigenvalue weighted by atomic mass is 9.91. The van der Waals surface area contributed by atoms with E-state index in [4.69, 9.17) is 0 Å². The Hall–Kier alpha value is -4.46. The Morgan fingerprint density at radius 1 is 0.395 bits per heavy atom. The first kappa shape index (κ1) is 26.2. The van der Waals surface area contributed by atoms with Gasteiger partial charge in [0.15, 0.2) is 0 Å². The van der Waals surface area contributed by atoms with Crippen LogP contribution in [0.1, 0.15) is 61.0 Å². The van der Waals surface area contributed by atoms with Gasteiger partial charge in [0.05, 0.1) is 9.52 Å². The maximum atomic E-state index is 2.40. The molecule has 2 aliphatic rings. The summed E-state index contributed by atoms with van der Waals surface area (Å²) in [4.78, 5) is 0. The van der Waals surface area contributed by atoms with E-state index in [-0.39, 0.29) is 0 Å². The molecule has 0 saturated carbocycles. The molecule has 0 heterocycles. The number of hydrogen-bond acceptors (Lipinski definition) is 0. The molecule has 8 rings (SSSR count). The van der Waals surface area contributed by atoms with Crippen molar-refractivity contribution < 1.29 is 0 Å². The maximum Gasteiger partial charge on any atom is 0.0678 e. The Balaban J connectivity index is 1.23. The number of benzene rings is 6. The van der Waals surface area contributed by atoms with E-state index in [0.717, 1.165) is 9.52 Å². The van der Waals surface area contributed by atoms with Gasteiger partial charge in [-0.3, -0.25) is 0 Å². The molecule has 0 aromatic heterocycles. The zero-order valence-corrected chi connectivity index (χ0v) is 26.2. The molecule has 0 spiro atoms. The average molecular weight is 567 g/mol. The lowest BCUT2D eigenvalue weighted by molar-refractivity contribution is 1.03. The summed E-state index contributed by atoms with van der Waals surface area (Å²) >= 11 is 0. The standard InChI is InChI=1S/C42H34Si/c1-25-27(3)41(37-23-11-21-35(39(25)37)33-19-9-15-29-13-5-7-17-31(29)33)43-42-28(4)26(2)40-36(22-12-24-38(40)42)34-20-10-16-30-14-6-8-18-32(30)34/h5-24,41-42H,1-4H3. The highest BCUT2D eigenvalue weighted by Crippen LogP contribution is 2.51. The Morgan fingerprint density at radius 3 is 1.23 bits per heavy atom. The van der Waals surface area contributed by atoms with Crippen molar-refractivity contribution in [3.63, 3.8) is 0 Å². The fraction of sp³-hybridized carbons (Fsp3) is 0.143. The molecule has 0 nitrogen and oxygen atoms in total. The van der Waals surface area contributed by atoms with Crippen LogP contribution in [0.5, 0.6) is 0 Å². The molecule has 1 heteroatoms. The monoisotopic (exact) mass is 566 g/mol. The molecule has 0 saturated heterocycles. The number of hydrogen-bond donors (Lipinski definition) is 0. The summed E-state index contributed by atoms with van der Waals surface area (Å²) in [6, 6.07) is 45.1. The number of rotatable bonds is 4. The van der Waals surface area contributed by atoms with Crippen LogP contribution in [-0.4, -0.2) is 9.52 Å². The zero-order chi connectivity index (χ0) is 29.2. The molecule has 2 unspecified atom stereocenters. The summed E-state index contributed by atoms with van der Waals surface area (Å²) in [6.45, 7) is 9.47. The molecule has 0 bridgehead atoms. The molecule has 2 aliphatic carbocycles. The Kier molecular flexibility index (Phi) is 6.13.